The zero-order valence-corrected chi connectivity index (χ0v) is 12.1. The summed E-state index contributed by atoms with van der Waals surface area (Å²) in [5.41, 5.74) is 2.24. The van der Waals surface area contributed by atoms with Crippen LogP contribution in [0.4, 0.5) is 0 Å². The maximum atomic E-state index is 11.8. The molecule has 0 unspecified atom stereocenters. The third kappa shape index (κ3) is 4.73. The van der Waals surface area contributed by atoms with E-state index < -0.39 is 0 Å². The molecule has 0 atom stereocenters. The highest BCUT2D eigenvalue weighted by Crippen LogP contribution is 2.06. The van der Waals surface area contributed by atoms with E-state index in [0.717, 1.165) is 11.1 Å². The maximum absolute atomic E-state index is 11.8. The van der Waals surface area contributed by atoms with E-state index in [1.165, 1.54) is 6.92 Å². The Morgan fingerprint density at radius 2 is 1.89 bits per heavy atom. The van der Waals surface area contributed by atoms with Crippen LogP contribution in [0.2, 0.25) is 0 Å². The van der Waals surface area contributed by atoms with Crippen LogP contribution < -0.4 is 5.32 Å². The van der Waals surface area contributed by atoms with E-state index in [-0.39, 0.29) is 24.4 Å². The molecule has 1 aromatic rings. The number of nitrogens with zero attached hydrogens (tertiary/aromatic N) is 1. The van der Waals surface area contributed by atoms with Gasteiger partial charge in [0.1, 0.15) is 0 Å². The van der Waals surface area contributed by atoms with Gasteiger partial charge in [-0.1, -0.05) is 24.3 Å². The fourth-order valence-corrected chi connectivity index (χ4v) is 1.87. The van der Waals surface area contributed by atoms with Crippen molar-refractivity contribution >= 4 is 11.8 Å². The van der Waals surface area contributed by atoms with E-state index in [1.807, 2.05) is 45.0 Å². The second kappa shape index (κ2) is 6.92. The fraction of sp³-hybridized carbons (Fsp3) is 0.467. The lowest BCUT2D eigenvalue weighted by molar-refractivity contribution is -0.136. The van der Waals surface area contributed by atoms with Crippen molar-refractivity contribution in [1.29, 1.82) is 0 Å². The molecule has 4 heteroatoms. The predicted octanol–water partition coefficient (Wildman–Crippen LogP) is 1.87. The Balaban J connectivity index is 2.52. The molecule has 0 fully saturated rings. The summed E-state index contributed by atoms with van der Waals surface area (Å²) in [5.74, 6) is -0.215. The standard InChI is InChI=1S/C15H22N2O2/c1-11(2)17(13(4)18)10-15(19)16-9-14-8-6-5-7-12(14)3/h5-8,11H,9-10H2,1-4H3,(H,16,19). The van der Waals surface area contributed by atoms with Gasteiger partial charge in [0, 0.05) is 19.5 Å². The van der Waals surface area contributed by atoms with Crippen LogP contribution in [-0.2, 0) is 16.1 Å². The average molecular weight is 262 g/mol. The molecule has 0 saturated heterocycles. The molecule has 0 spiro atoms. The normalized spacial score (nSPS) is 10.4. The molecule has 104 valence electrons. The number of carbonyl (C=O) groups is 2. The van der Waals surface area contributed by atoms with Crippen LogP contribution >= 0.6 is 0 Å². The molecule has 0 aliphatic heterocycles. The molecule has 0 aliphatic rings. The van der Waals surface area contributed by atoms with Gasteiger partial charge in [-0.2, -0.15) is 0 Å². The fourth-order valence-electron chi connectivity index (χ4n) is 1.87. The molecule has 4 nitrogen and oxygen atoms in total. The number of nitrogens with one attached hydrogen (secondary N) is 1. The first kappa shape index (κ1) is 15.2. The lowest BCUT2D eigenvalue weighted by atomic mass is 10.1. The van der Waals surface area contributed by atoms with Gasteiger partial charge in [0.25, 0.3) is 0 Å². The molecule has 0 saturated carbocycles. The summed E-state index contributed by atoms with van der Waals surface area (Å²) in [4.78, 5) is 24.8. The van der Waals surface area contributed by atoms with Crippen LogP contribution in [0.15, 0.2) is 24.3 Å². The van der Waals surface area contributed by atoms with Crippen LogP contribution in [0.3, 0.4) is 0 Å². The van der Waals surface area contributed by atoms with E-state index in [9.17, 15) is 9.59 Å². The number of hydrogen-bond acceptors (Lipinski definition) is 2. The van der Waals surface area contributed by atoms with Crippen LogP contribution in [-0.4, -0.2) is 29.3 Å². The highest BCUT2D eigenvalue weighted by molar-refractivity contribution is 5.83. The second-order valence-electron chi connectivity index (χ2n) is 4.94. The largest absolute Gasteiger partial charge is 0.350 e. The van der Waals surface area contributed by atoms with Gasteiger partial charge in [-0.15, -0.1) is 0 Å². The van der Waals surface area contributed by atoms with Crippen molar-refractivity contribution in [2.24, 2.45) is 0 Å². The van der Waals surface area contributed by atoms with Crippen molar-refractivity contribution < 1.29 is 9.59 Å². The van der Waals surface area contributed by atoms with Gasteiger partial charge < -0.3 is 10.2 Å². The molecule has 0 aliphatic carbocycles. The quantitative estimate of drug-likeness (QED) is 0.880. The molecule has 2 amide bonds. The Morgan fingerprint density at radius 3 is 2.42 bits per heavy atom. The van der Waals surface area contributed by atoms with Gasteiger partial charge in [0.15, 0.2) is 0 Å². The van der Waals surface area contributed by atoms with Crippen molar-refractivity contribution in [2.45, 2.75) is 40.3 Å². The first-order valence-electron chi connectivity index (χ1n) is 6.50. The predicted molar refractivity (Wildman–Crippen MR) is 75.5 cm³/mol. The average Bonchev–Trinajstić information content (AvgIpc) is 2.34. The minimum atomic E-state index is -0.132. The summed E-state index contributed by atoms with van der Waals surface area (Å²) in [6, 6.07) is 7.95. The molecule has 1 aromatic carbocycles. The van der Waals surface area contributed by atoms with E-state index in [4.69, 9.17) is 0 Å². The Labute approximate surface area is 114 Å². The minimum Gasteiger partial charge on any atom is -0.350 e. The van der Waals surface area contributed by atoms with E-state index in [0.29, 0.717) is 6.54 Å². The summed E-state index contributed by atoms with van der Waals surface area (Å²) < 4.78 is 0. The molecule has 0 radical (unpaired) electrons. The topological polar surface area (TPSA) is 49.4 Å². The Morgan fingerprint density at radius 1 is 1.26 bits per heavy atom. The number of rotatable bonds is 5. The highest BCUT2D eigenvalue weighted by atomic mass is 16.2. The van der Waals surface area contributed by atoms with E-state index in [1.54, 1.807) is 4.90 Å². The van der Waals surface area contributed by atoms with Crippen molar-refractivity contribution in [2.75, 3.05) is 6.54 Å². The lowest BCUT2D eigenvalue weighted by Crippen LogP contribution is -2.43. The SMILES string of the molecule is CC(=O)N(CC(=O)NCc1ccccc1C)C(C)C. The second-order valence-corrected chi connectivity index (χ2v) is 4.94. The monoisotopic (exact) mass is 262 g/mol. The maximum Gasteiger partial charge on any atom is 0.239 e. The first-order chi connectivity index (χ1) is 8.91. The number of aryl methyl sites for hydroxylation is 1. The van der Waals surface area contributed by atoms with E-state index in [2.05, 4.69) is 5.32 Å². The van der Waals surface area contributed by atoms with Crippen LogP contribution in [0.5, 0.6) is 0 Å². The zero-order chi connectivity index (χ0) is 14.4. The smallest absolute Gasteiger partial charge is 0.239 e. The van der Waals surface area contributed by atoms with Crippen LogP contribution in [0.25, 0.3) is 0 Å². The zero-order valence-electron chi connectivity index (χ0n) is 12.1. The molecule has 0 bridgehead atoms. The lowest BCUT2D eigenvalue weighted by Gasteiger charge is -2.24. The van der Waals surface area contributed by atoms with Gasteiger partial charge in [-0.05, 0) is 31.9 Å². The third-order valence-corrected chi connectivity index (χ3v) is 3.08. The molecular formula is C15H22N2O2. The number of benzene rings is 1. The van der Waals surface area contributed by atoms with Crippen LogP contribution in [0, 0.1) is 6.92 Å². The van der Waals surface area contributed by atoms with Gasteiger partial charge in [0.05, 0.1) is 6.54 Å². The third-order valence-electron chi connectivity index (χ3n) is 3.08. The summed E-state index contributed by atoms with van der Waals surface area (Å²) in [5, 5.41) is 2.85. The van der Waals surface area contributed by atoms with Crippen molar-refractivity contribution in [1.82, 2.24) is 10.2 Å². The number of amides is 2. The first-order valence-corrected chi connectivity index (χ1v) is 6.50. The molecule has 1 N–H and O–H groups in total. The minimum absolute atomic E-state index is 0.0294. The number of carbonyl (C=O) groups excluding carboxylic acids is 2. The van der Waals surface area contributed by atoms with Crippen molar-refractivity contribution in [3.8, 4) is 0 Å². The van der Waals surface area contributed by atoms with E-state index >= 15 is 0 Å². The molecule has 0 aromatic heterocycles. The van der Waals surface area contributed by atoms with Gasteiger partial charge in [-0.25, -0.2) is 0 Å². The highest BCUT2D eigenvalue weighted by Gasteiger charge is 2.16. The summed E-state index contributed by atoms with van der Waals surface area (Å²) in [6.45, 7) is 7.90. The molecular weight excluding hydrogens is 240 g/mol. The van der Waals surface area contributed by atoms with Crippen molar-refractivity contribution in [3.63, 3.8) is 0 Å². The van der Waals surface area contributed by atoms with Crippen LogP contribution in [0.1, 0.15) is 31.9 Å². The summed E-state index contributed by atoms with van der Waals surface area (Å²) in [7, 11) is 0. The molecule has 0 heterocycles. The Bertz CT molecular complexity index is 455. The summed E-state index contributed by atoms with van der Waals surface area (Å²) in [6.07, 6.45) is 0. The van der Waals surface area contributed by atoms with Gasteiger partial charge >= 0.3 is 0 Å². The molecule has 19 heavy (non-hydrogen) atoms. The van der Waals surface area contributed by atoms with Gasteiger partial charge in [0.2, 0.25) is 11.8 Å². The Hall–Kier alpha value is -1.84. The summed E-state index contributed by atoms with van der Waals surface area (Å²) >= 11 is 0. The molecule has 1 rings (SSSR count). The van der Waals surface area contributed by atoms with Crippen molar-refractivity contribution in [3.05, 3.63) is 35.4 Å². The van der Waals surface area contributed by atoms with Gasteiger partial charge in [-0.3, -0.25) is 9.59 Å². The number of hydrogen-bond donors (Lipinski definition) is 1. The Kier molecular flexibility index (Phi) is 5.55.